The molecule has 0 aromatic heterocycles. The van der Waals surface area contributed by atoms with Gasteiger partial charge < -0.3 is 10.6 Å². The molecule has 0 unspecified atom stereocenters. The summed E-state index contributed by atoms with van der Waals surface area (Å²) in [4.78, 5) is 24.8. The molecule has 0 bridgehead atoms. The van der Waals surface area contributed by atoms with Gasteiger partial charge in [0.2, 0.25) is 5.91 Å². The van der Waals surface area contributed by atoms with Crippen molar-refractivity contribution in [2.75, 3.05) is 5.32 Å². The molecule has 2 amide bonds. The van der Waals surface area contributed by atoms with Crippen molar-refractivity contribution in [2.45, 2.75) is 38.1 Å². The molecule has 0 saturated heterocycles. The first-order chi connectivity index (χ1) is 13.5. The summed E-state index contributed by atoms with van der Waals surface area (Å²) in [5, 5.41) is 6.72. The minimum atomic E-state index is -0.319. The van der Waals surface area contributed by atoms with Crippen molar-refractivity contribution in [1.29, 1.82) is 0 Å². The zero-order valence-electron chi connectivity index (χ0n) is 15.4. The van der Waals surface area contributed by atoms with Crippen LogP contribution in [0.5, 0.6) is 0 Å². The van der Waals surface area contributed by atoms with E-state index in [4.69, 9.17) is 23.2 Å². The molecule has 0 aliphatic heterocycles. The summed E-state index contributed by atoms with van der Waals surface area (Å²) in [5.41, 5.74) is 1.62. The number of hydrogen-bond donors (Lipinski definition) is 2. The molecule has 0 spiro atoms. The first kappa shape index (κ1) is 20.4. The Morgan fingerprint density at radius 2 is 1.71 bits per heavy atom. The van der Waals surface area contributed by atoms with E-state index in [9.17, 15) is 9.59 Å². The van der Waals surface area contributed by atoms with Gasteiger partial charge in [-0.3, -0.25) is 9.59 Å². The molecule has 0 atom stereocenters. The second kappa shape index (κ2) is 9.76. The predicted molar refractivity (Wildman–Crippen MR) is 115 cm³/mol. The number of hydrogen-bond acceptors (Lipinski definition) is 2. The van der Waals surface area contributed by atoms with Crippen molar-refractivity contribution in [2.24, 2.45) is 0 Å². The largest absolute Gasteiger partial charge is 0.349 e. The van der Waals surface area contributed by atoms with Crippen LogP contribution in [0.2, 0.25) is 10.0 Å². The quantitative estimate of drug-likeness (QED) is 0.613. The third kappa shape index (κ3) is 5.60. The molecule has 6 heteroatoms. The van der Waals surface area contributed by atoms with Gasteiger partial charge in [-0.2, -0.15) is 0 Å². The van der Waals surface area contributed by atoms with Gasteiger partial charge in [0.1, 0.15) is 0 Å². The Kier molecular flexibility index (Phi) is 7.12. The maximum Gasteiger partial charge on any atom is 0.253 e. The molecule has 1 saturated carbocycles. The summed E-state index contributed by atoms with van der Waals surface area (Å²) < 4.78 is 0. The Hall–Kier alpha value is -2.30. The standard InChI is InChI=1S/C22H22Cl2N2O2/c23-19-9-5-4-6-15(19)10-13-21(27)25-17-11-12-20(24)18(14-17)22(28)26-16-7-2-1-3-8-16/h4-6,9-14,16H,1-3,7-8H2,(H,25,27)(H,26,28)/b13-10+. The summed E-state index contributed by atoms with van der Waals surface area (Å²) in [5.74, 6) is -0.527. The zero-order valence-corrected chi connectivity index (χ0v) is 16.9. The molecular weight excluding hydrogens is 395 g/mol. The van der Waals surface area contributed by atoms with Crippen LogP contribution in [0, 0.1) is 0 Å². The lowest BCUT2D eigenvalue weighted by molar-refractivity contribution is -0.111. The lowest BCUT2D eigenvalue weighted by atomic mass is 9.95. The zero-order chi connectivity index (χ0) is 19.9. The molecule has 1 aliphatic rings. The average Bonchev–Trinajstić information content (AvgIpc) is 2.69. The van der Waals surface area contributed by atoms with Gasteiger partial charge in [-0.1, -0.05) is 60.7 Å². The maximum atomic E-state index is 12.6. The van der Waals surface area contributed by atoms with Crippen molar-refractivity contribution in [3.63, 3.8) is 0 Å². The minimum absolute atomic E-state index is 0.189. The van der Waals surface area contributed by atoms with Crippen LogP contribution in [0.1, 0.15) is 48.0 Å². The minimum Gasteiger partial charge on any atom is -0.349 e. The molecule has 2 aromatic rings. The van der Waals surface area contributed by atoms with E-state index < -0.39 is 0 Å². The molecular formula is C22H22Cl2N2O2. The van der Waals surface area contributed by atoms with E-state index >= 15 is 0 Å². The number of carbonyl (C=O) groups is 2. The van der Waals surface area contributed by atoms with Gasteiger partial charge in [0, 0.05) is 22.8 Å². The Bertz CT molecular complexity index is 890. The Morgan fingerprint density at radius 1 is 0.964 bits per heavy atom. The van der Waals surface area contributed by atoms with Gasteiger partial charge in [0.15, 0.2) is 0 Å². The highest BCUT2D eigenvalue weighted by Crippen LogP contribution is 2.23. The smallest absolute Gasteiger partial charge is 0.253 e. The second-order valence-electron chi connectivity index (χ2n) is 6.85. The molecule has 0 heterocycles. The number of rotatable bonds is 5. The fraction of sp³-hybridized carbons (Fsp3) is 0.273. The number of carbonyl (C=O) groups excluding carboxylic acids is 2. The average molecular weight is 417 g/mol. The summed E-state index contributed by atoms with van der Waals surface area (Å²) in [6, 6.07) is 12.3. The van der Waals surface area contributed by atoms with E-state index in [0.717, 1.165) is 31.2 Å². The summed E-state index contributed by atoms with van der Waals surface area (Å²) in [7, 11) is 0. The molecule has 2 N–H and O–H groups in total. The maximum absolute atomic E-state index is 12.6. The van der Waals surface area contributed by atoms with Gasteiger partial charge in [-0.15, -0.1) is 0 Å². The summed E-state index contributed by atoms with van der Waals surface area (Å²) in [6.07, 6.45) is 8.51. The van der Waals surface area contributed by atoms with Crippen LogP contribution in [0.4, 0.5) is 5.69 Å². The Balaban J connectivity index is 1.66. The van der Waals surface area contributed by atoms with E-state index in [1.165, 1.54) is 12.5 Å². The van der Waals surface area contributed by atoms with Crippen LogP contribution in [0.25, 0.3) is 6.08 Å². The van der Waals surface area contributed by atoms with E-state index in [0.29, 0.717) is 21.3 Å². The van der Waals surface area contributed by atoms with Gasteiger partial charge >= 0.3 is 0 Å². The monoisotopic (exact) mass is 416 g/mol. The number of nitrogens with one attached hydrogen (secondary N) is 2. The van der Waals surface area contributed by atoms with Crippen LogP contribution in [0.15, 0.2) is 48.5 Å². The van der Waals surface area contributed by atoms with Gasteiger partial charge in [0.05, 0.1) is 10.6 Å². The molecule has 0 radical (unpaired) electrons. The molecule has 3 rings (SSSR count). The summed E-state index contributed by atoms with van der Waals surface area (Å²) >= 11 is 12.3. The first-order valence-electron chi connectivity index (χ1n) is 9.37. The van der Waals surface area contributed by atoms with E-state index in [2.05, 4.69) is 10.6 Å². The van der Waals surface area contributed by atoms with Crippen molar-refractivity contribution in [3.8, 4) is 0 Å². The highest BCUT2D eigenvalue weighted by molar-refractivity contribution is 6.34. The van der Waals surface area contributed by atoms with Crippen LogP contribution >= 0.6 is 23.2 Å². The molecule has 1 fully saturated rings. The highest BCUT2D eigenvalue weighted by atomic mass is 35.5. The van der Waals surface area contributed by atoms with E-state index in [1.807, 2.05) is 18.2 Å². The fourth-order valence-electron chi connectivity index (χ4n) is 3.25. The lowest BCUT2D eigenvalue weighted by Crippen LogP contribution is -2.36. The topological polar surface area (TPSA) is 58.2 Å². The number of anilines is 1. The third-order valence-electron chi connectivity index (χ3n) is 4.74. The molecule has 4 nitrogen and oxygen atoms in total. The molecule has 2 aromatic carbocycles. The second-order valence-corrected chi connectivity index (χ2v) is 7.66. The van der Waals surface area contributed by atoms with Crippen molar-refractivity contribution in [1.82, 2.24) is 5.32 Å². The van der Waals surface area contributed by atoms with E-state index in [-0.39, 0.29) is 17.9 Å². The van der Waals surface area contributed by atoms with Gasteiger partial charge in [-0.25, -0.2) is 0 Å². The SMILES string of the molecule is O=C(/C=C/c1ccccc1Cl)Nc1ccc(Cl)c(C(=O)NC2CCCCC2)c1. The number of amides is 2. The number of benzene rings is 2. The van der Waals surface area contributed by atoms with Gasteiger partial charge in [0.25, 0.3) is 5.91 Å². The van der Waals surface area contributed by atoms with Crippen molar-refractivity contribution >= 4 is 46.8 Å². The van der Waals surface area contributed by atoms with Crippen LogP contribution in [-0.4, -0.2) is 17.9 Å². The molecule has 1 aliphatic carbocycles. The van der Waals surface area contributed by atoms with Gasteiger partial charge in [-0.05, 0) is 48.7 Å². The van der Waals surface area contributed by atoms with Crippen LogP contribution in [-0.2, 0) is 4.79 Å². The fourth-order valence-corrected chi connectivity index (χ4v) is 3.65. The van der Waals surface area contributed by atoms with Crippen LogP contribution < -0.4 is 10.6 Å². The highest BCUT2D eigenvalue weighted by Gasteiger charge is 2.18. The number of halogens is 2. The van der Waals surface area contributed by atoms with Crippen LogP contribution in [0.3, 0.4) is 0 Å². The third-order valence-corrected chi connectivity index (χ3v) is 5.41. The van der Waals surface area contributed by atoms with E-state index in [1.54, 1.807) is 30.3 Å². The summed E-state index contributed by atoms with van der Waals surface area (Å²) in [6.45, 7) is 0. The first-order valence-corrected chi connectivity index (χ1v) is 10.1. The molecule has 146 valence electrons. The lowest BCUT2D eigenvalue weighted by Gasteiger charge is -2.23. The van der Waals surface area contributed by atoms with Crippen molar-refractivity contribution in [3.05, 3.63) is 69.7 Å². The normalized spacial score (nSPS) is 14.8. The Morgan fingerprint density at radius 3 is 2.46 bits per heavy atom. The van der Waals surface area contributed by atoms with Crippen molar-refractivity contribution < 1.29 is 9.59 Å². The predicted octanol–water partition coefficient (Wildman–Crippen LogP) is 5.71. The Labute approximate surface area is 174 Å². The molecule has 28 heavy (non-hydrogen) atoms.